The van der Waals surface area contributed by atoms with Gasteiger partial charge in [0, 0.05) is 13.0 Å². The van der Waals surface area contributed by atoms with E-state index in [-0.39, 0.29) is 15.9 Å². The first-order valence-corrected chi connectivity index (χ1v) is 20.1. The summed E-state index contributed by atoms with van der Waals surface area (Å²) < 4.78 is 6.61. The van der Waals surface area contributed by atoms with E-state index in [4.69, 9.17) is 4.43 Å². The van der Waals surface area contributed by atoms with Crippen molar-refractivity contribution in [2.75, 3.05) is 6.61 Å². The lowest BCUT2D eigenvalue weighted by molar-refractivity contribution is -0.162. The van der Waals surface area contributed by atoms with Gasteiger partial charge in [0.05, 0.1) is 5.60 Å². The molecule has 0 aromatic heterocycles. The third-order valence-corrected chi connectivity index (χ3v) is 18.6. The minimum atomic E-state index is -1.80. The molecule has 1 N–H and O–H groups in total. The van der Waals surface area contributed by atoms with Crippen LogP contribution in [0.2, 0.25) is 18.1 Å². The van der Waals surface area contributed by atoms with Gasteiger partial charge in [-0.3, -0.25) is 4.79 Å². The van der Waals surface area contributed by atoms with Crippen LogP contribution in [0.3, 0.4) is 0 Å². The van der Waals surface area contributed by atoms with E-state index in [2.05, 4.69) is 81.5 Å². The highest BCUT2D eigenvalue weighted by Gasteiger charge is 2.71. The van der Waals surface area contributed by atoms with Crippen molar-refractivity contribution in [1.82, 2.24) is 0 Å². The molecule has 3 fully saturated rings. The second-order valence-corrected chi connectivity index (χ2v) is 21.3. The summed E-state index contributed by atoms with van der Waals surface area (Å²) in [5.74, 6) is 4.23. The van der Waals surface area contributed by atoms with Gasteiger partial charge in [0.15, 0.2) is 14.1 Å². The van der Waals surface area contributed by atoms with Crippen molar-refractivity contribution in [2.24, 2.45) is 52.3 Å². The van der Waals surface area contributed by atoms with Gasteiger partial charge in [0.25, 0.3) is 0 Å². The van der Waals surface area contributed by atoms with Crippen LogP contribution in [0.5, 0.6) is 0 Å². The van der Waals surface area contributed by atoms with E-state index in [1.54, 1.807) is 0 Å². The van der Waals surface area contributed by atoms with Crippen molar-refractivity contribution in [3.8, 4) is 0 Å². The predicted molar refractivity (Wildman–Crippen MR) is 171 cm³/mol. The summed E-state index contributed by atoms with van der Waals surface area (Å²) in [7, 11) is -1.80. The molecular formula is C36H64O3Si. The number of hydrogen-bond donors (Lipinski definition) is 1. The molecule has 0 saturated heterocycles. The maximum Gasteiger partial charge on any atom is 0.191 e. The Hall–Kier alpha value is -0.453. The van der Waals surface area contributed by atoms with Crippen LogP contribution in [0.15, 0.2) is 11.6 Å². The van der Waals surface area contributed by atoms with Crippen LogP contribution in [0, 0.1) is 52.3 Å². The zero-order valence-electron chi connectivity index (χ0n) is 28.2. The first kappa shape index (κ1) is 32.5. The average molecular weight is 573 g/mol. The molecule has 0 radical (unpaired) electrons. The summed E-state index contributed by atoms with van der Waals surface area (Å²) in [4.78, 5) is 12.7. The van der Waals surface area contributed by atoms with E-state index in [1.165, 1.54) is 18.4 Å². The average Bonchev–Trinajstić information content (AvgIpc) is 3.08. The Kier molecular flexibility index (Phi) is 9.12. The van der Waals surface area contributed by atoms with Crippen molar-refractivity contribution in [3.05, 3.63) is 11.6 Å². The zero-order valence-corrected chi connectivity index (χ0v) is 29.2. The predicted octanol–water partition coefficient (Wildman–Crippen LogP) is 9.60. The summed E-state index contributed by atoms with van der Waals surface area (Å²) in [6.07, 6.45) is 12.5. The Morgan fingerprint density at radius 2 is 1.65 bits per heavy atom. The van der Waals surface area contributed by atoms with Crippen LogP contribution in [0.4, 0.5) is 0 Å². The van der Waals surface area contributed by atoms with E-state index in [0.717, 1.165) is 51.6 Å². The Bertz CT molecular complexity index is 964. The number of carbonyl (C=O) groups is 1. The van der Waals surface area contributed by atoms with Crippen LogP contribution >= 0.6 is 0 Å². The van der Waals surface area contributed by atoms with Gasteiger partial charge in [-0.1, -0.05) is 87.1 Å². The highest BCUT2D eigenvalue weighted by atomic mass is 28.4. The fourth-order valence-electron chi connectivity index (χ4n) is 11.1. The second kappa shape index (κ2) is 11.2. The Labute approximate surface area is 248 Å². The van der Waals surface area contributed by atoms with Crippen LogP contribution in [-0.2, 0) is 9.22 Å². The molecule has 4 aliphatic carbocycles. The lowest BCUT2D eigenvalue weighted by atomic mass is 9.41. The molecule has 3 nitrogen and oxygen atoms in total. The molecular weight excluding hydrogens is 508 g/mol. The molecule has 0 aliphatic heterocycles. The number of carbonyl (C=O) groups excluding carboxylic acids is 1. The maximum absolute atomic E-state index is 13.0. The quantitative estimate of drug-likeness (QED) is 0.221. The maximum atomic E-state index is 13.0. The van der Waals surface area contributed by atoms with Gasteiger partial charge in [-0.2, -0.15) is 0 Å². The molecule has 4 aliphatic rings. The number of aliphatic hydroxyl groups is 1. The van der Waals surface area contributed by atoms with Gasteiger partial charge in [0.1, 0.15) is 0 Å². The number of rotatable bonds is 9. The fraction of sp³-hybridized carbons (Fsp3) is 0.917. The van der Waals surface area contributed by atoms with Crippen LogP contribution in [0.25, 0.3) is 0 Å². The van der Waals surface area contributed by atoms with E-state index >= 15 is 0 Å². The molecule has 0 amide bonds. The molecule has 0 aromatic carbocycles. The molecule has 0 aromatic rings. The molecule has 3 saturated carbocycles. The topological polar surface area (TPSA) is 46.5 Å². The van der Waals surface area contributed by atoms with E-state index < -0.39 is 13.9 Å². The Balaban J connectivity index is 1.71. The van der Waals surface area contributed by atoms with Gasteiger partial charge in [-0.05, 0) is 115 Å². The van der Waals surface area contributed by atoms with Gasteiger partial charge in [-0.15, -0.1) is 0 Å². The molecule has 40 heavy (non-hydrogen) atoms. The summed E-state index contributed by atoms with van der Waals surface area (Å²) in [5.41, 5.74) is 0.956. The van der Waals surface area contributed by atoms with Crippen LogP contribution in [0.1, 0.15) is 127 Å². The van der Waals surface area contributed by atoms with E-state index in [1.807, 2.05) is 0 Å². The number of ketones is 1. The highest BCUT2D eigenvalue weighted by Crippen LogP contribution is 2.73. The van der Waals surface area contributed by atoms with Crippen LogP contribution in [-0.4, -0.2) is 31.4 Å². The van der Waals surface area contributed by atoms with Gasteiger partial charge < -0.3 is 9.53 Å². The van der Waals surface area contributed by atoms with E-state index in [9.17, 15) is 9.90 Å². The lowest BCUT2D eigenvalue weighted by Crippen LogP contribution is -2.59. The van der Waals surface area contributed by atoms with Crippen molar-refractivity contribution in [3.63, 3.8) is 0 Å². The molecule has 230 valence electrons. The minimum Gasteiger partial charge on any atom is -0.417 e. The van der Waals surface area contributed by atoms with Crippen molar-refractivity contribution in [1.29, 1.82) is 0 Å². The minimum absolute atomic E-state index is 0.0553. The second-order valence-electron chi connectivity index (χ2n) is 16.5. The molecule has 5 unspecified atom stereocenters. The Morgan fingerprint density at radius 3 is 2.20 bits per heavy atom. The molecule has 4 rings (SSSR count). The molecule has 0 spiro atoms. The van der Waals surface area contributed by atoms with Crippen molar-refractivity contribution in [2.45, 2.75) is 150 Å². The highest BCUT2D eigenvalue weighted by molar-refractivity contribution is 6.74. The standard InChI is InChI=1S/C36H64O3Si/c1-12-25-26(13-2)31-29(34(8)20-17-24(37)23-30(25)34)18-21-35(9)32(31)27(14-3)28(15-4)36(35,38)19-16-22-39-40(10,11)33(5,6)7/h23,25-29,31-32,38H,12-22H2,1-11H3/t25?,26?,27?,28?,29-,31-,32+,34-,35+,36?/m1/s1. The first-order chi connectivity index (χ1) is 18.6. The van der Waals surface area contributed by atoms with Gasteiger partial charge in [0.2, 0.25) is 0 Å². The summed E-state index contributed by atoms with van der Waals surface area (Å²) in [6, 6.07) is 0. The Morgan fingerprint density at radius 1 is 1.00 bits per heavy atom. The lowest BCUT2D eigenvalue weighted by Gasteiger charge is -2.64. The van der Waals surface area contributed by atoms with Gasteiger partial charge >= 0.3 is 0 Å². The molecule has 0 heterocycles. The monoisotopic (exact) mass is 572 g/mol. The molecule has 10 atom stereocenters. The smallest absolute Gasteiger partial charge is 0.191 e. The summed E-state index contributed by atoms with van der Waals surface area (Å²) in [5, 5.41) is 13.2. The fourth-order valence-corrected chi connectivity index (χ4v) is 12.2. The summed E-state index contributed by atoms with van der Waals surface area (Å²) in [6.45, 7) is 26.9. The molecule has 4 heteroatoms. The largest absolute Gasteiger partial charge is 0.417 e. The SMILES string of the molecule is CCC1C2=CC(=O)CC[C@]2(C)[C@@H]2CC[C@@]3(C)[C@@H](C(CC)C(CC)C3(O)CCCO[Si](C)(C)C(C)(C)C)[C@@H]2C1CC. The summed E-state index contributed by atoms with van der Waals surface area (Å²) >= 11 is 0. The molecule has 0 bridgehead atoms. The zero-order chi connectivity index (χ0) is 29.9. The number of fused-ring (bicyclic) bond motifs is 5. The van der Waals surface area contributed by atoms with Crippen LogP contribution < -0.4 is 0 Å². The van der Waals surface area contributed by atoms with E-state index in [0.29, 0.717) is 53.6 Å². The first-order valence-electron chi connectivity index (χ1n) is 17.2. The number of allylic oxidation sites excluding steroid dienone is 1. The van der Waals surface area contributed by atoms with Gasteiger partial charge in [-0.25, -0.2) is 0 Å². The normalized spacial score (nSPS) is 43.6. The number of hydrogen-bond acceptors (Lipinski definition) is 3. The third kappa shape index (κ3) is 4.77. The van der Waals surface area contributed by atoms with Crippen molar-refractivity contribution >= 4 is 14.1 Å². The third-order valence-electron chi connectivity index (χ3n) is 14.1. The van der Waals surface area contributed by atoms with Crippen molar-refractivity contribution < 1.29 is 14.3 Å².